The molecule has 6 nitrogen and oxygen atoms in total. The van der Waals surface area contributed by atoms with Gasteiger partial charge in [-0.05, 0) is 44.5 Å². The third kappa shape index (κ3) is 3.64. The molecular weight excluding hydrogens is 310 g/mol. The molecule has 1 N–H and O–H groups in total. The Labute approximate surface area is 141 Å². The highest BCUT2D eigenvalue weighted by Gasteiger charge is 2.37. The number of hydrogen-bond donors (Lipinski definition) is 1. The first-order valence-corrected chi connectivity index (χ1v) is 7.58. The van der Waals surface area contributed by atoms with E-state index in [1.807, 2.05) is 32.9 Å². The van der Waals surface area contributed by atoms with Gasteiger partial charge in [-0.3, -0.25) is 4.90 Å². The molecule has 6 heteroatoms. The minimum atomic E-state index is -1.03. The first kappa shape index (κ1) is 17.7. The number of ether oxygens (including phenoxy) is 2. The molecule has 2 rings (SSSR count). The SMILES string of the molecule is COc1ccc(C(c2ccc(OC)o2)N(C(=O)O)C(C)(C)C)cc1. The number of rotatable bonds is 5. The van der Waals surface area contributed by atoms with E-state index in [0.29, 0.717) is 17.5 Å². The molecule has 0 radical (unpaired) electrons. The van der Waals surface area contributed by atoms with Gasteiger partial charge in [-0.15, -0.1) is 0 Å². The maximum atomic E-state index is 12.0. The summed E-state index contributed by atoms with van der Waals surface area (Å²) in [4.78, 5) is 13.3. The lowest BCUT2D eigenvalue weighted by Crippen LogP contribution is -2.47. The van der Waals surface area contributed by atoms with Crippen molar-refractivity contribution in [1.82, 2.24) is 4.90 Å². The van der Waals surface area contributed by atoms with Gasteiger partial charge in [0.1, 0.15) is 17.6 Å². The van der Waals surface area contributed by atoms with E-state index in [1.54, 1.807) is 31.4 Å². The van der Waals surface area contributed by atoms with Crippen molar-refractivity contribution in [2.24, 2.45) is 0 Å². The van der Waals surface area contributed by atoms with E-state index in [2.05, 4.69) is 0 Å². The standard InChI is InChI=1S/C18H23NO5/c1-18(2,3)19(17(20)21)16(14-10-11-15(23-5)24-14)12-6-8-13(22-4)9-7-12/h6-11,16H,1-5H3,(H,20,21). The van der Waals surface area contributed by atoms with E-state index in [0.717, 1.165) is 5.56 Å². The van der Waals surface area contributed by atoms with Crippen LogP contribution in [0.1, 0.15) is 38.1 Å². The summed E-state index contributed by atoms with van der Waals surface area (Å²) >= 11 is 0. The van der Waals surface area contributed by atoms with Crippen LogP contribution >= 0.6 is 0 Å². The van der Waals surface area contributed by atoms with Gasteiger partial charge >= 0.3 is 6.09 Å². The molecule has 0 bridgehead atoms. The van der Waals surface area contributed by atoms with Crippen molar-refractivity contribution in [3.63, 3.8) is 0 Å². The Morgan fingerprint density at radius 1 is 1.08 bits per heavy atom. The Morgan fingerprint density at radius 3 is 2.12 bits per heavy atom. The van der Waals surface area contributed by atoms with Crippen molar-refractivity contribution in [2.45, 2.75) is 32.4 Å². The Balaban J connectivity index is 2.56. The summed E-state index contributed by atoms with van der Waals surface area (Å²) in [6.07, 6.45) is -1.03. The highest BCUT2D eigenvalue weighted by molar-refractivity contribution is 5.67. The van der Waals surface area contributed by atoms with Crippen LogP contribution in [0.3, 0.4) is 0 Å². The van der Waals surface area contributed by atoms with Crippen LogP contribution in [-0.2, 0) is 0 Å². The number of furan rings is 1. The second-order valence-electron chi connectivity index (χ2n) is 6.36. The summed E-state index contributed by atoms with van der Waals surface area (Å²) < 4.78 is 15.9. The van der Waals surface area contributed by atoms with Gasteiger partial charge < -0.3 is 19.0 Å². The highest BCUT2D eigenvalue weighted by atomic mass is 16.6. The second kappa shape index (κ2) is 6.86. The minimum absolute atomic E-state index is 0.336. The molecule has 0 saturated carbocycles. The minimum Gasteiger partial charge on any atom is -0.497 e. The topological polar surface area (TPSA) is 72.1 Å². The molecule has 24 heavy (non-hydrogen) atoms. The number of methoxy groups -OCH3 is 2. The predicted octanol–water partition coefficient (Wildman–Crippen LogP) is 4.16. The Bertz CT molecular complexity index is 684. The maximum Gasteiger partial charge on any atom is 0.408 e. The molecule has 1 aromatic heterocycles. The summed E-state index contributed by atoms with van der Waals surface area (Å²) in [6, 6.07) is 10.1. The highest BCUT2D eigenvalue weighted by Crippen LogP contribution is 2.36. The molecule has 2 aromatic rings. The molecule has 1 atom stereocenters. The van der Waals surface area contributed by atoms with Crippen LogP contribution in [0.4, 0.5) is 4.79 Å². The van der Waals surface area contributed by atoms with Crippen LogP contribution in [0.25, 0.3) is 0 Å². The van der Waals surface area contributed by atoms with E-state index in [4.69, 9.17) is 13.9 Å². The number of carbonyl (C=O) groups is 1. The molecule has 0 fully saturated rings. The number of carboxylic acid groups (broad SMARTS) is 1. The quantitative estimate of drug-likeness (QED) is 0.889. The zero-order chi connectivity index (χ0) is 17.9. The molecule has 0 aliphatic rings. The fraction of sp³-hybridized carbons (Fsp3) is 0.389. The van der Waals surface area contributed by atoms with Crippen LogP contribution in [0.2, 0.25) is 0 Å². The molecule has 130 valence electrons. The first-order valence-electron chi connectivity index (χ1n) is 7.58. The van der Waals surface area contributed by atoms with Gasteiger partial charge in [0.25, 0.3) is 5.95 Å². The van der Waals surface area contributed by atoms with Crippen molar-refractivity contribution in [3.8, 4) is 11.7 Å². The predicted molar refractivity (Wildman–Crippen MR) is 89.7 cm³/mol. The van der Waals surface area contributed by atoms with Gasteiger partial charge in [0.05, 0.1) is 14.2 Å². The smallest absolute Gasteiger partial charge is 0.408 e. The first-order chi connectivity index (χ1) is 11.3. The summed E-state index contributed by atoms with van der Waals surface area (Å²) in [7, 11) is 3.09. The lowest BCUT2D eigenvalue weighted by molar-refractivity contribution is 0.0734. The van der Waals surface area contributed by atoms with Crippen LogP contribution in [0.5, 0.6) is 11.7 Å². The summed E-state index contributed by atoms with van der Waals surface area (Å²) in [6.45, 7) is 5.54. The lowest BCUT2D eigenvalue weighted by Gasteiger charge is -2.38. The van der Waals surface area contributed by atoms with Gasteiger partial charge in [-0.2, -0.15) is 0 Å². The van der Waals surface area contributed by atoms with Crippen molar-refractivity contribution < 1.29 is 23.8 Å². The van der Waals surface area contributed by atoms with Crippen LogP contribution < -0.4 is 9.47 Å². The molecule has 1 aromatic carbocycles. The molecule has 1 unspecified atom stereocenters. The molecule has 1 amide bonds. The molecule has 0 aliphatic carbocycles. The number of benzene rings is 1. The van der Waals surface area contributed by atoms with Crippen LogP contribution in [0.15, 0.2) is 40.8 Å². The number of nitrogens with zero attached hydrogens (tertiary/aromatic N) is 1. The Kier molecular flexibility index (Phi) is 5.07. The maximum absolute atomic E-state index is 12.0. The van der Waals surface area contributed by atoms with Crippen LogP contribution in [0, 0.1) is 0 Å². The number of amides is 1. The largest absolute Gasteiger partial charge is 0.497 e. The molecule has 0 saturated heterocycles. The lowest BCUT2D eigenvalue weighted by atomic mass is 9.96. The third-order valence-electron chi connectivity index (χ3n) is 3.69. The summed E-state index contributed by atoms with van der Waals surface area (Å²) in [5.74, 6) is 1.53. The fourth-order valence-corrected chi connectivity index (χ4v) is 2.60. The van der Waals surface area contributed by atoms with Crippen molar-refractivity contribution in [3.05, 3.63) is 47.7 Å². The van der Waals surface area contributed by atoms with E-state index >= 15 is 0 Å². The average Bonchev–Trinajstić information content (AvgIpc) is 2.99. The monoisotopic (exact) mass is 333 g/mol. The van der Waals surface area contributed by atoms with Crippen LogP contribution in [-0.4, -0.2) is 35.9 Å². The van der Waals surface area contributed by atoms with Gasteiger partial charge in [0.15, 0.2) is 0 Å². The zero-order valence-electron chi connectivity index (χ0n) is 14.6. The van der Waals surface area contributed by atoms with Gasteiger partial charge in [-0.25, -0.2) is 4.79 Å². The van der Waals surface area contributed by atoms with Gasteiger partial charge in [0, 0.05) is 11.6 Å². The van der Waals surface area contributed by atoms with E-state index in [-0.39, 0.29) is 0 Å². The third-order valence-corrected chi connectivity index (χ3v) is 3.69. The average molecular weight is 333 g/mol. The molecular formula is C18H23NO5. The molecule has 0 spiro atoms. The van der Waals surface area contributed by atoms with Gasteiger partial charge in [0.2, 0.25) is 0 Å². The summed E-state index contributed by atoms with van der Waals surface area (Å²) in [5, 5.41) is 9.80. The Morgan fingerprint density at radius 2 is 1.71 bits per heavy atom. The number of hydrogen-bond acceptors (Lipinski definition) is 4. The molecule has 1 heterocycles. The van der Waals surface area contributed by atoms with E-state index in [1.165, 1.54) is 12.0 Å². The van der Waals surface area contributed by atoms with Crippen molar-refractivity contribution >= 4 is 6.09 Å². The van der Waals surface area contributed by atoms with E-state index < -0.39 is 17.7 Å². The summed E-state index contributed by atoms with van der Waals surface area (Å²) in [5.41, 5.74) is 0.154. The van der Waals surface area contributed by atoms with Crippen molar-refractivity contribution in [1.29, 1.82) is 0 Å². The zero-order valence-corrected chi connectivity index (χ0v) is 14.6. The van der Waals surface area contributed by atoms with Crippen molar-refractivity contribution in [2.75, 3.05) is 14.2 Å². The van der Waals surface area contributed by atoms with E-state index in [9.17, 15) is 9.90 Å². The fourth-order valence-electron chi connectivity index (χ4n) is 2.60. The Hall–Kier alpha value is -2.63. The molecule has 0 aliphatic heterocycles. The normalized spacial score (nSPS) is 12.5. The second-order valence-corrected chi connectivity index (χ2v) is 6.36. The van der Waals surface area contributed by atoms with Gasteiger partial charge in [-0.1, -0.05) is 12.1 Å².